The number of hydrogen-bond donors (Lipinski definition) is 3. The first-order valence-electron chi connectivity index (χ1n) is 8.75. The quantitative estimate of drug-likeness (QED) is 0.572. The van der Waals surface area contributed by atoms with Crippen LogP contribution in [0, 0.1) is 0 Å². The lowest BCUT2D eigenvalue weighted by Gasteiger charge is -2.07. The molecule has 0 fully saturated rings. The predicted molar refractivity (Wildman–Crippen MR) is 101 cm³/mol. The van der Waals surface area contributed by atoms with Gasteiger partial charge < -0.3 is 25.1 Å². The Morgan fingerprint density at radius 1 is 1.08 bits per heavy atom. The van der Waals surface area contributed by atoms with E-state index in [9.17, 15) is 4.79 Å². The van der Waals surface area contributed by atoms with E-state index in [1.807, 2.05) is 18.2 Å². The van der Waals surface area contributed by atoms with Crippen LogP contribution in [0.15, 0.2) is 48.7 Å². The van der Waals surface area contributed by atoms with Gasteiger partial charge in [0.05, 0.1) is 0 Å². The summed E-state index contributed by atoms with van der Waals surface area (Å²) < 4.78 is 10.6. The molecule has 0 radical (unpaired) electrons. The highest BCUT2D eigenvalue weighted by Gasteiger charge is 2.14. The summed E-state index contributed by atoms with van der Waals surface area (Å²) in [4.78, 5) is 15.3. The van der Waals surface area contributed by atoms with Gasteiger partial charge in [0.15, 0.2) is 11.5 Å². The average Bonchev–Trinajstić information content (AvgIpc) is 3.28. The van der Waals surface area contributed by atoms with E-state index in [0.717, 1.165) is 24.2 Å². The summed E-state index contributed by atoms with van der Waals surface area (Å²) in [6, 6.07) is 13.7. The van der Waals surface area contributed by atoms with Crippen LogP contribution in [-0.4, -0.2) is 30.8 Å². The van der Waals surface area contributed by atoms with Crippen LogP contribution >= 0.6 is 0 Å². The van der Waals surface area contributed by atoms with E-state index in [1.54, 1.807) is 12.1 Å². The van der Waals surface area contributed by atoms with E-state index in [1.165, 1.54) is 10.9 Å². The van der Waals surface area contributed by atoms with Crippen molar-refractivity contribution in [2.75, 3.05) is 25.2 Å². The van der Waals surface area contributed by atoms with Crippen LogP contribution in [0.2, 0.25) is 0 Å². The third kappa shape index (κ3) is 3.65. The van der Waals surface area contributed by atoms with Crippen molar-refractivity contribution in [2.24, 2.45) is 0 Å². The third-order valence-corrected chi connectivity index (χ3v) is 4.43. The summed E-state index contributed by atoms with van der Waals surface area (Å²) in [5.41, 5.74) is 3.17. The van der Waals surface area contributed by atoms with Gasteiger partial charge in [-0.1, -0.05) is 18.2 Å². The minimum Gasteiger partial charge on any atom is -0.454 e. The molecule has 6 heteroatoms. The predicted octanol–water partition coefficient (Wildman–Crippen LogP) is 3.06. The van der Waals surface area contributed by atoms with Gasteiger partial charge >= 0.3 is 0 Å². The van der Waals surface area contributed by atoms with Gasteiger partial charge in [-0.25, -0.2) is 0 Å². The van der Waals surface area contributed by atoms with E-state index in [2.05, 4.69) is 33.9 Å². The van der Waals surface area contributed by atoms with Gasteiger partial charge in [-0.3, -0.25) is 4.79 Å². The number of nitrogens with one attached hydrogen (secondary N) is 3. The molecular weight excluding hydrogens is 330 g/mol. The number of carbonyl (C=O) groups excluding carboxylic acids is 1. The maximum Gasteiger partial charge on any atom is 0.231 e. The number of anilines is 1. The Hall–Kier alpha value is -2.99. The fourth-order valence-electron chi connectivity index (χ4n) is 3.09. The molecule has 26 heavy (non-hydrogen) atoms. The zero-order chi connectivity index (χ0) is 17.8. The topological polar surface area (TPSA) is 75.4 Å². The molecule has 0 aliphatic carbocycles. The van der Waals surface area contributed by atoms with Crippen LogP contribution in [0.1, 0.15) is 12.0 Å². The van der Waals surface area contributed by atoms with Crippen molar-refractivity contribution in [2.45, 2.75) is 12.8 Å². The number of ether oxygens (including phenoxy) is 2. The number of hydrogen-bond acceptors (Lipinski definition) is 4. The first-order chi connectivity index (χ1) is 12.8. The zero-order valence-electron chi connectivity index (χ0n) is 14.4. The van der Waals surface area contributed by atoms with E-state index in [4.69, 9.17) is 9.47 Å². The summed E-state index contributed by atoms with van der Waals surface area (Å²) in [5, 5.41) is 7.47. The maximum atomic E-state index is 12.1. The molecule has 0 saturated carbocycles. The van der Waals surface area contributed by atoms with Crippen molar-refractivity contribution in [3.8, 4) is 11.5 Å². The fourth-order valence-corrected chi connectivity index (χ4v) is 3.09. The molecule has 6 nitrogen and oxygen atoms in total. The number of benzene rings is 2. The van der Waals surface area contributed by atoms with E-state index >= 15 is 0 Å². The standard InChI is InChI=1S/C20H21N3O3/c24-20(23-15-5-6-18-19(11-15)26-13-25-18)8-10-21-9-7-14-12-22-17-4-2-1-3-16(14)17/h1-6,11-12,21-22H,7-10,13H2,(H,23,24). The SMILES string of the molecule is O=C(CCNCCc1c[nH]c2ccccc12)Nc1ccc2c(c1)OCO2. The molecule has 2 aromatic carbocycles. The summed E-state index contributed by atoms with van der Waals surface area (Å²) in [5.74, 6) is 1.35. The molecule has 0 atom stereocenters. The molecule has 3 aromatic rings. The molecule has 1 aliphatic rings. The molecule has 0 bridgehead atoms. The van der Waals surface area contributed by atoms with Crippen LogP contribution in [0.5, 0.6) is 11.5 Å². The molecule has 1 aromatic heterocycles. The van der Waals surface area contributed by atoms with Crippen molar-refractivity contribution in [3.63, 3.8) is 0 Å². The number of aromatic amines is 1. The molecule has 134 valence electrons. The molecule has 0 unspecified atom stereocenters. The number of para-hydroxylation sites is 1. The smallest absolute Gasteiger partial charge is 0.231 e. The lowest BCUT2D eigenvalue weighted by atomic mass is 10.1. The van der Waals surface area contributed by atoms with Crippen molar-refractivity contribution in [1.29, 1.82) is 0 Å². The lowest BCUT2D eigenvalue weighted by Crippen LogP contribution is -2.23. The minimum atomic E-state index is -0.0246. The molecular formula is C20H21N3O3. The van der Waals surface area contributed by atoms with Crippen molar-refractivity contribution in [3.05, 3.63) is 54.2 Å². The third-order valence-electron chi connectivity index (χ3n) is 4.43. The number of fused-ring (bicyclic) bond motifs is 2. The number of rotatable bonds is 7. The number of aromatic nitrogens is 1. The Morgan fingerprint density at radius 2 is 1.96 bits per heavy atom. The van der Waals surface area contributed by atoms with Crippen molar-refractivity contribution >= 4 is 22.5 Å². The second-order valence-electron chi connectivity index (χ2n) is 6.23. The summed E-state index contributed by atoms with van der Waals surface area (Å²) in [6.07, 6.45) is 3.40. The highest BCUT2D eigenvalue weighted by atomic mass is 16.7. The first-order valence-corrected chi connectivity index (χ1v) is 8.75. The van der Waals surface area contributed by atoms with Crippen molar-refractivity contribution < 1.29 is 14.3 Å². The van der Waals surface area contributed by atoms with E-state index in [-0.39, 0.29) is 12.7 Å². The molecule has 2 heterocycles. The van der Waals surface area contributed by atoms with Crippen LogP contribution < -0.4 is 20.1 Å². The number of H-pyrrole nitrogens is 1. The monoisotopic (exact) mass is 351 g/mol. The van der Waals surface area contributed by atoms with Gasteiger partial charge in [0, 0.05) is 41.8 Å². The Kier molecular flexibility index (Phi) is 4.75. The molecule has 1 amide bonds. The number of carbonyl (C=O) groups is 1. The molecule has 0 spiro atoms. The van der Waals surface area contributed by atoms with Gasteiger partial charge in [-0.2, -0.15) is 0 Å². The normalized spacial score (nSPS) is 12.5. The molecule has 3 N–H and O–H groups in total. The van der Waals surface area contributed by atoms with Gasteiger partial charge in [0.1, 0.15) is 0 Å². The zero-order valence-corrected chi connectivity index (χ0v) is 14.4. The Bertz CT molecular complexity index is 920. The van der Waals surface area contributed by atoms with Crippen LogP contribution in [-0.2, 0) is 11.2 Å². The summed E-state index contributed by atoms with van der Waals surface area (Å²) >= 11 is 0. The van der Waals surface area contributed by atoms with Gasteiger partial charge in [-0.15, -0.1) is 0 Å². The average molecular weight is 351 g/mol. The molecule has 0 saturated heterocycles. The first kappa shape index (κ1) is 16.5. The van der Waals surface area contributed by atoms with Gasteiger partial charge in [0.25, 0.3) is 0 Å². The fraction of sp³-hybridized carbons (Fsp3) is 0.250. The van der Waals surface area contributed by atoms with Gasteiger partial charge in [0.2, 0.25) is 12.7 Å². The summed E-state index contributed by atoms with van der Waals surface area (Å²) in [7, 11) is 0. The largest absolute Gasteiger partial charge is 0.454 e. The second kappa shape index (κ2) is 7.49. The number of amides is 1. The minimum absolute atomic E-state index is 0.0246. The lowest BCUT2D eigenvalue weighted by molar-refractivity contribution is -0.116. The van der Waals surface area contributed by atoms with Gasteiger partial charge in [-0.05, 0) is 36.7 Å². The van der Waals surface area contributed by atoms with E-state index < -0.39 is 0 Å². The van der Waals surface area contributed by atoms with Crippen LogP contribution in [0.4, 0.5) is 5.69 Å². The maximum absolute atomic E-state index is 12.1. The van der Waals surface area contributed by atoms with Crippen LogP contribution in [0.25, 0.3) is 10.9 Å². The molecule has 4 rings (SSSR count). The molecule has 1 aliphatic heterocycles. The van der Waals surface area contributed by atoms with Crippen molar-refractivity contribution in [1.82, 2.24) is 10.3 Å². The van der Waals surface area contributed by atoms with E-state index in [0.29, 0.717) is 24.5 Å². The van der Waals surface area contributed by atoms with Crippen LogP contribution in [0.3, 0.4) is 0 Å². The second-order valence-corrected chi connectivity index (χ2v) is 6.23. The Balaban J connectivity index is 1.19. The summed E-state index contributed by atoms with van der Waals surface area (Å²) in [6.45, 7) is 1.70. The Morgan fingerprint density at radius 3 is 2.92 bits per heavy atom. The highest BCUT2D eigenvalue weighted by molar-refractivity contribution is 5.91. The highest BCUT2D eigenvalue weighted by Crippen LogP contribution is 2.34. The Labute approximate surface area is 151 Å².